The highest BCUT2D eigenvalue weighted by Crippen LogP contribution is 2.17. The fourth-order valence-electron chi connectivity index (χ4n) is 1.63. The van der Waals surface area contributed by atoms with Gasteiger partial charge in [-0.1, -0.05) is 30.3 Å². The minimum atomic E-state index is -0.420. The first-order valence-electron chi connectivity index (χ1n) is 5.81. The Kier molecular flexibility index (Phi) is 4.08. The van der Waals surface area contributed by atoms with E-state index in [0.717, 1.165) is 0 Å². The molecule has 0 amide bonds. The topological polar surface area (TPSA) is 26.3 Å². The molecule has 0 saturated heterocycles. The smallest absolute Gasteiger partial charge is 0.185 e. The van der Waals surface area contributed by atoms with Crippen molar-refractivity contribution >= 4 is 11.9 Å². The lowest BCUT2D eigenvalue weighted by atomic mass is 10.1. The summed E-state index contributed by atoms with van der Waals surface area (Å²) in [6.45, 7) is 0. The van der Waals surface area contributed by atoms with Gasteiger partial charge in [0.15, 0.2) is 5.78 Å². The van der Waals surface area contributed by atoms with Crippen LogP contribution in [0.3, 0.4) is 0 Å². The van der Waals surface area contributed by atoms with E-state index in [9.17, 15) is 9.18 Å². The number of hydrogen-bond donors (Lipinski definition) is 0. The van der Waals surface area contributed by atoms with Crippen molar-refractivity contribution in [3.63, 3.8) is 0 Å². The van der Waals surface area contributed by atoms with Gasteiger partial charge < -0.3 is 4.74 Å². The van der Waals surface area contributed by atoms with Gasteiger partial charge in [0.1, 0.15) is 11.6 Å². The second kappa shape index (κ2) is 5.96. The highest BCUT2D eigenvalue weighted by atomic mass is 19.1. The quantitative estimate of drug-likeness (QED) is 0.615. The number of halogens is 1. The summed E-state index contributed by atoms with van der Waals surface area (Å²) in [6.07, 6.45) is 2.82. The Balaban J connectivity index is 2.17. The molecule has 2 rings (SSSR count). The summed E-state index contributed by atoms with van der Waals surface area (Å²) >= 11 is 0. The normalized spacial score (nSPS) is 10.6. The van der Waals surface area contributed by atoms with Crippen molar-refractivity contribution in [2.45, 2.75) is 0 Å². The molecular formula is C16H13FO2. The first kappa shape index (κ1) is 13.0. The predicted molar refractivity (Wildman–Crippen MR) is 72.8 cm³/mol. The average Bonchev–Trinajstić information content (AvgIpc) is 2.46. The van der Waals surface area contributed by atoms with Gasteiger partial charge in [0.2, 0.25) is 0 Å². The summed E-state index contributed by atoms with van der Waals surface area (Å²) in [5, 5.41) is 0. The van der Waals surface area contributed by atoms with Crippen LogP contribution in [0.4, 0.5) is 4.39 Å². The van der Waals surface area contributed by atoms with Gasteiger partial charge in [0.05, 0.1) is 7.11 Å². The van der Waals surface area contributed by atoms with Crippen molar-refractivity contribution in [1.29, 1.82) is 0 Å². The van der Waals surface area contributed by atoms with Crippen LogP contribution in [-0.4, -0.2) is 12.9 Å². The molecule has 0 unspecified atom stereocenters. The van der Waals surface area contributed by atoms with Crippen molar-refractivity contribution in [2.24, 2.45) is 0 Å². The Morgan fingerprint density at radius 2 is 1.89 bits per heavy atom. The molecule has 2 aromatic rings. The van der Waals surface area contributed by atoms with E-state index in [1.165, 1.54) is 25.3 Å². The Morgan fingerprint density at radius 3 is 2.53 bits per heavy atom. The van der Waals surface area contributed by atoms with E-state index in [4.69, 9.17) is 4.74 Å². The van der Waals surface area contributed by atoms with Crippen LogP contribution in [0.25, 0.3) is 6.08 Å². The average molecular weight is 256 g/mol. The minimum Gasteiger partial charge on any atom is -0.497 e. The number of carbonyl (C=O) groups excluding carboxylic acids is 1. The maximum absolute atomic E-state index is 13.6. The zero-order valence-electron chi connectivity index (χ0n) is 10.5. The zero-order chi connectivity index (χ0) is 13.7. The number of rotatable bonds is 4. The summed E-state index contributed by atoms with van der Waals surface area (Å²) in [4.78, 5) is 11.8. The number of methoxy groups -OCH3 is 1. The van der Waals surface area contributed by atoms with E-state index >= 15 is 0 Å². The van der Waals surface area contributed by atoms with Gasteiger partial charge in [-0.05, 0) is 24.3 Å². The zero-order valence-corrected chi connectivity index (χ0v) is 10.5. The molecule has 0 saturated carbocycles. The molecule has 2 aromatic carbocycles. The monoisotopic (exact) mass is 256 g/mol. The van der Waals surface area contributed by atoms with Crippen molar-refractivity contribution in [2.75, 3.05) is 7.11 Å². The van der Waals surface area contributed by atoms with Crippen LogP contribution in [0, 0.1) is 5.82 Å². The Morgan fingerprint density at radius 1 is 1.16 bits per heavy atom. The van der Waals surface area contributed by atoms with Gasteiger partial charge in [0.25, 0.3) is 0 Å². The Hall–Kier alpha value is -2.42. The van der Waals surface area contributed by atoms with Crippen LogP contribution in [0.2, 0.25) is 0 Å². The highest BCUT2D eigenvalue weighted by molar-refractivity contribution is 6.06. The first-order chi connectivity index (χ1) is 9.20. The van der Waals surface area contributed by atoms with Crippen LogP contribution in [0.15, 0.2) is 54.6 Å². The van der Waals surface area contributed by atoms with Gasteiger partial charge in [-0.25, -0.2) is 4.39 Å². The molecule has 0 radical (unpaired) electrons. The lowest BCUT2D eigenvalue weighted by Crippen LogP contribution is -1.93. The fraction of sp³-hybridized carbons (Fsp3) is 0.0625. The van der Waals surface area contributed by atoms with Crippen LogP contribution in [-0.2, 0) is 0 Å². The van der Waals surface area contributed by atoms with Gasteiger partial charge in [-0.3, -0.25) is 4.79 Å². The standard InChI is InChI=1S/C16H13FO2/c1-19-14-9-7-12(15(17)11-14)8-10-16(18)13-5-3-2-4-6-13/h2-11H,1H3. The summed E-state index contributed by atoms with van der Waals surface area (Å²) in [7, 11) is 1.48. The number of ketones is 1. The highest BCUT2D eigenvalue weighted by Gasteiger charge is 2.03. The molecular weight excluding hydrogens is 243 g/mol. The van der Waals surface area contributed by atoms with Crippen molar-refractivity contribution in [3.8, 4) is 5.75 Å². The number of benzene rings is 2. The van der Waals surface area contributed by atoms with Gasteiger partial charge in [-0.2, -0.15) is 0 Å². The molecule has 19 heavy (non-hydrogen) atoms. The third kappa shape index (κ3) is 3.28. The van der Waals surface area contributed by atoms with Crippen molar-refractivity contribution in [1.82, 2.24) is 0 Å². The SMILES string of the molecule is COc1ccc(C=CC(=O)c2ccccc2)c(F)c1. The molecule has 0 atom stereocenters. The number of hydrogen-bond acceptors (Lipinski definition) is 2. The molecule has 0 aliphatic rings. The molecule has 0 N–H and O–H groups in total. The maximum atomic E-state index is 13.6. The largest absolute Gasteiger partial charge is 0.497 e. The molecule has 3 heteroatoms. The molecule has 0 heterocycles. The Bertz CT molecular complexity index is 603. The van der Waals surface area contributed by atoms with Gasteiger partial charge >= 0.3 is 0 Å². The third-order valence-electron chi connectivity index (χ3n) is 2.68. The Labute approximate surface area is 111 Å². The second-order valence-electron chi connectivity index (χ2n) is 3.95. The number of carbonyl (C=O) groups is 1. The molecule has 0 aromatic heterocycles. The molecule has 2 nitrogen and oxygen atoms in total. The molecule has 0 aliphatic heterocycles. The summed E-state index contributed by atoms with van der Waals surface area (Å²) < 4.78 is 18.6. The summed E-state index contributed by atoms with van der Waals surface area (Å²) in [6, 6.07) is 13.4. The third-order valence-corrected chi connectivity index (χ3v) is 2.68. The number of allylic oxidation sites excluding steroid dienone is 1. The van der Waals surface area contributed by atoms with E-state index in [2.05, 4.69) is 0 Å². The van der Waals surface area contributed by atoms with Crippen LogP contribution < -0.4 is 4.74 Å². The lowest BCUT2D eigenvalue weighted by Gasteiger charge is -2.01. The predicted octanol–water partition coefficient (Wildman–Crippen LogP) is 3.73. The first-order valence-corrected chi connectivity index (χ1v) is 5.81. The van der Waals surface area contributed by atoms with E-state index in [-0.39, 0.29) is 5.78 Å². The molecule has 0 fully saturated rings. The van der Waals surface area contributed by atoms with E-state index < -0.39 is 5.82 Å². The molecule has 0 bridgehead atoms. The van der Waals surface area contributed by atoms with Gasteiger partial charge in [-0.15, -0.1) is 0 Å². The van der Waals surface area contributed by atoms with E-state index in [0.29, 0.717) is 16.9 Å². The van der Waals surface area contributed by atoms with E-state index in [1.807, 2.05) is 6.07 Å². The molecule has 0 spiro atoms. The van der Waals surface area contributed by atoms with Crippen LogP contribution in [0.1, 0.15) is 15.9 Å². The fourth-order valence-corrected chi connectivity index (χ4v) is 1.63. The van der Waals surface area contributed by atoms with Crippen LogP contribution >= 0.6 is 0 Å². The minimum absolute atomic E-state index is 0.157. The van der Waals surface area contributed by atoms with Gasteiger partial charge in [0, 0.05) is 17.2 Å². The molecule has 0 aliphatic carbocycles. The van der Waals surface area contributed by atoms with Crippen molar-refractivity contribution < 1.29 is 13.9 Å². The van der Waals surface area contributed by atoms with Crippen molar-refractivity contribution in [3.05, 3.63) is 71.6 Å². The summed E-state index contributed by atoms with van der Waals surface area (Å²) in [5.74, 6) is -0.128. The summed E-state index contributed by atoms with van der Waals surface area (Å²) in [5.41, 5.74) is 0.928. The number of ether oxygens (including phenoxy) is 1. The second-order valence-corrected chi connectivity index (χ2v) is 3.95. The van der Waals surface area contributed by atoms with E-state index in [1.54, 1.807) is 36.4 Å². The maximum Gasteiger partial charge on any atom is 0.185 e. The lowest BCUT2D eigenvalue weighted by molar-refractivity contribution is 0.104. The molecule has 96 valence electrons. The van der Waals surface area contributed by atoms with Crippen LogP contribution in [0.5, 0.6) is 5.75 Å².